The minimum Gasteiger partial charge on any atom is -0.494 e. The van der Waals surface area contributed by atoms with E-state index < -0.39 is 5.97 Å². The van der Waals surface area contributed by atoms with Crippen LogP contribution in [0.15, 0.2) is 18.2 Å². The standard InChI is InChI=1S/C12H16O3/c1-3-15-11-6-4-9(2)8-10(11)5-7-12(13)14/h4,6,8H,3,5,7H2,1-2H3,(H,13,14). The molecular formula is C12H16O3. The second-order valence-corrected chi connectivity index (χ2v) is 3.44. The van der Waals surface area contributed by atoms with Gasteiger partial charge in [-0.1, -0.05) is 17.7 Å². The number of benzene rings is 1. The van der Waals surface area contributed by atoms with Gasteiger partial charge in [-0.25, -0.2) is 0 Å². The van der Waals surface area contributed by atoms with Gasteiger partial charge in [0.25, 0.3) is 0 Å². The van der Waals surface area contributed by atoms with Crippen LogP contribution in [0, 0.1) is 6.92 Å². The number of rotatable bonds is 5. The van der Waals surface area contributed by atoms with Crippen LogP contribution in [0.25, 0.3) is 0 Å². The van der Waals surface area contributed by atoms with Crippen molar-refractivity contribution in [2.75, 3.05) is 6.61 Å². The molecule has 0 bridgehead atoms. The van der Waals surface area contributed by atoms with Crippen LogP contribution in [0.5, 0.6) is 5.75 Å². The molecule has 1 aromatic rings. The number of carboxylic acids is 1. The molecule has 0 fully saturated rings. The van der Waals surface area contributed by atoms with Gasteiger partial charge in [0, 0.05) is 6.42 Å². The van der Waals surface area contributed by atoms with Gasteiger partial charge in [-0.15, -0.1) is 0 Å². The van der Waals surface area contributed by atoms with Crippen LogP contribution in [0.2, 0.25) is 0 Å². The van der Waals surface area contributed by atoms with Gasteiger partial charge in [0.05, 0.1) is 6.61 Å². The Morgan fingerprint density at radius 2 is 2.20 bits per heavy atom. The molecule has 0 aromatic heterocycles. The lowest BCUT2D eigenvalue weighted by Gasteiger charge is -2.10. The van der Waals surface area contributed by atoms with E-state index in [0.29, 0.717) is 13.0 Å². The first kappa shape index (κ1) is 11.6. The van der Waals surface area contributed by atoms with Gasteiger partial charge in [0.1, 0.15) is 5.75 Å². The number of hydrogen-bond acceptors (Lipinski definition) is 2. The fourth-order valence-electron chi connectivity index (χ4n) is 1.44. The summed E-state index contributed by atoms with van der Waals surface area (Å²) < 4.78 is 5.43. The topological polar surface area (TPSA) is 46.5 Å². The summed E-state index contributed by atoms with van der Waals surface area (Å²) in [6, 6.07) is 5.85. The third-order valence-corrected chi connectivity index (χ3v) is 2.12. The lowest BCUT2D eigenvalue weighted by atomic mass is 10.1. The summed E-state index contributed by atoms with van der Waals surface area (Å²) in [5.41, 5.74) is 2.10. The van der Waals surface area contributed by atoms with Gasteiger partial charge in [-0.2, -0.15) is 0 Å². The molecule has 1 aromatic carbocycles. The maximum Gasteiger partial charge on any atom is 0.303 e. The Kier molecular flexibility index (Phi) is 4.16. The molecule has 0 atom stereocenters. The zero-order valence-electron chi connectivity index (χ0n) is 9.12. The van der Waals surface area contributed by atoms with Gasteiger partial charge < -0.3 is 9.84 Å². The van der Waals surface area contributed by atoms with Crippen LogP contribution in [0.4, 0.5) is 0 Å². The Morgan fingerprint density at radius 3 is 2.80 bits per heavy atom. The highest BCUT2D eigenvalue weighted by Crippen LogP contribution is 2.21. The number of aryl methyl sites for hydroxylation is 2. The highest BCUT2D eigenvalue weighted by molar-refractivity contribution is 5.67. The summed E-state index contributed by atoms with van der Waals surface area (Å²) in [6.07, 6.45) is 0.663. The van der Waals surface area contributed by atoms with Crippen molar-refractivity contribution in [2.45, 2.75) is 26.7 Å². The monoisotopic (exact) mass is 208 g/mol. The third-order valence-electron chi connectivity index (χ3n) is 2.12. The highest BCUT2D eigenvalue weighted by Gasteiger charge is 2.06. The van der Waals surface area contributed by atoms with E-state index >= 15 is 0 Å². The molecule has 1 N–H and O–H groups in total. The minimum absolute atomic E-state index is 0.142. The lowest BCUT2D eigenvalue weighted by molar-refractivity contribution is -0.136. The molecule has 0 amide bonds. The number of carbonyl (C=O) groups is 1. The Labute approximate surface area is 89.7 Å². The Bertz CT molecular complexity index is 345. The highest BCUT2D eigenvalue weighted by atomic mass is 16.5. The second-order valence-electron chi connectivity index (χ2n) is 3.44. The van der Waals surface area contributed by atoms with Crippen LogP contribution in [-0.2, 0) is 11.2 Å². The van der Waals surface area contributed by atoms with E-state index in [2.05, 4.69) is 0 Å². The molecule has 1 rings (SSSR count). The van der Waals surface area contributed by atoms with Gasteiger partial charge in [0.2, 0.25) is 0 Å². The van der Waals surface area contributed by atoms with E-state index in [1.54, 1.807) is 0 Å². The third kappa shape index (κ3) is 3.62. The molecule has 0 saturated carbocycles. The maximum atomic E-state index is 10.5. The van der Waals surface area contributed by atoms with E-state index in [1.807, 2.05) is 32.0 Å². The Balaban J connectivity index is 2.81. The minimum atomic E-state index is -0.779. The van der Waals surface area contributed by atoms with E-state index in [1.165, 1.54) is 0 Å². The molecule has 0 spiro atoms. The molecule has 0 unspecified atom stereocenters. The van der Waals surface area contributed by atoms with Gasteiger partial charge in [0.15, 0.2) is 0 Å². The molecule has 0 heterocycles. The largest absolute Gasteiger partial charge is 0.494 e. The van der Waals surface area contributed by atoms with Crippen molar-refractivity contribution in [1.29, 1.82) is 0 Å². The van der Waals surface area contributed by atoms with Crippen molar-refractivity contribution >= 4 is 5.97 Å². The van der Waals surface area contributed by atoms with Crippen LogP contribution in [0.3, 0.4) is 0 Å². The average Bonchev–Trinajstić information content (AvgIpc) is 2.18. The Morgan fingerprint density at radius 1 is 1.47 bits per heavy atom. The van der Waals surface area contributed by atoms with Gasteiger partial charge in [-0.05, 0) is 31.9 Å². The quantitative estimate of drug-likeness (QED) is 0.808. The van der Waals surface area contributed by atoms with E-state index in [0.717, 1.165) is 16.9 Å². The molecular weight excluding hydrogens is 192 g/mol. The van der Waals surface area contributed by atoms with Crippen LogP contribution >= 0.6 is 0 Å². The molecule has 0 aliphatic rings. The summed E-state index contributed by atoms with van der Waals surface area (Å²) in [7, 11) is 0. The first-order chi connectivity index (χ1) is 7.13. The smallest absolute Gasteiger partial charge is 0.303 e. The van der Waals surface area contributed by atoms with Crippen molar-refractivity contribution < 1.29 is 14.6 Å². The summed E-state index contributed by atoms with van der Waals surface area (Å²) in [5.74, 6) is 0.0169. The molecule has 15 heavy (non-hydrogen) atoms. The van der Waals surface area contributed by atoms with Crippen LogP contribution in [0.1, 0.15) is 24.5 Å². The lowest BCUT2D eigenvalue weighted by Crippen LogP contribution is -2.01. The van der Waals surface area contributed by atoms with Crippen LogP contribution in [-0.4, -0.2) is 17.7 Å². The Hall–Kier alpha value is -1.51. The van der Waals surface area contributed by atoms with E-state index in [9.17, 15) is 4.79 Å². The molecule has 3 heteroatoms. The predicted molar refractivity (Wildman–Crippen MR) is 58.3 cm³/mol. The molecule has 3 nitrogen and oxygen atoms in total. The predicted octanol–water partition coefficient (Wildman–Crippen LogP) is 2.41. The molecule has 0 aliphatic heterocycles. The summed E-state index contributed by atoms with van der Waals surface area (Å²) in [6.45, 7) is 4.50. The van der Waals surface area contributed by atoms with Crippen molar-refractivity contribution in [2.24, 2.45) is 0 Å². The van der Waals surface area contributed by atoms with Crippen molar-refractivity contribution in [3.63, 3.8) is 0 Å². The maximum absolute atomic E-state index is 10.5. The summed E-state index contributed by atoms with van der Waals surface area (Å²) in [4.78, 5) is 10.5. The normalized spacial score (nSPS) is 10.0. The van der Waals surface area contributed by atoms with Crippen molar-refractivity contribution in [3.05, 3.63) is 29.3 Å². The zero-order chi connectivity index (χ0) is 11.3. The first-order valence-electron chi connectivity index (χ1n) is 5.07. The van der Waals surface area contributed by atoms with Crippen molar-refractivity contribution in [3.8, 4) is 5.75 Å². The van der Waals surface area contributed by atoms with E-state index in [4.69, 9.17) is 9.84 Å². The second kappa shape index (κ2) is 5.39. The SMILES string of the molecule is CCOc1ccc(C)cc1CCC(=O)O. The fourth-order valence-corrected chi connectivity index (χ4v) is 1.44. The van der Waals surface area contributed by atoms with Gasteiger partial charge in [-0.3, -0.25) is 4.79 Å². The number of ether oxygens (including phenoxy) is 1. The molecule has 82 valence electrons. The van der Waals surface area contributed by atoms with Crippen molar-refractivity contribution in [1.82, 2.24) is 0 Å². The number of hydrogen-bond donors (Lipinski definition) is 1. The zero-order valence-corrected chi connectivity index (χ0v) is 9.12. The summed E-state index contributed by atoms with van der Waals surface area (Å²) >= 11 is 0. The van der Waals surface area contributed by atoms with Gasteiger partial charge >= 0.3 is 5.97 Å². The molecule has 0 radical (unpaired) electrons. The summed E-state index contributed by atoms with van der Waals surface area (Å²) in [5, 5.41) is 8.62. The van der Waals surface area contributed by atoms with E-state index in [-0.39, 0.29) is 6.42 Å². The molecule has 0 saturated heterocycles. The average molecular weight is 208 g/mol. The number of carboxylic acid groups (broad SMARTS) is 1. The number of aliphatic carboxylic acids is 1. The van der Waals surface area contributed by atoms with Crippen LogP contribution < -0.4 is 4.74 Å². The first-order valence-corrected chi connectivity index (χ1v) is 5.07. The fraction of sp³-hybridized carbons (Fsp3) is 0.417. The molecule has 0 aliphatic carbocycles.